The van der Waals surface area contributed by atoms with Gasteiger partial charge in [0.15, 0.2) is 0 Å². The lowest BCUT2D eigenvalue weighted by molar-refractivity contribution is -0.0907. The number of hydrogen-bond acceptors (Lipinski definition) is 2. The van der Waals surface area contributed by atoms with Gasteiger partial charge in [-0.2, -0.15) is 0 Å². The molecule has 0 aliphatic heterocycles. The first-order valence-electron chi connectivity index (χ1n) is 5.23. The van der Waals surface area contributed by atoms with Gasteiger partial charge in [0, 0.05) is 0 Å². The minimum Gasteiger partial charge on any atom is -0.432 e. The molecular formula is C11H20BO2. The van der Waals surface area contributed by atoms with E-state index < -0.39 is 11.2 Å². The Balaban J connectivity index is 2.39. The van der Waals surface area contributed by atoms with Gasteiger partial charge in [0.25, 0.3) is 0 Å². The molecule has 0 saturated carbocycles. The van der Waals surface area contributed by atoms with Gasteiger partial charge in [-0.05, 0) is 46.4 Å². The molecule has 1 rings (SSSR count). The fourth-order valence-electron chi connectivity index (χ4n) is 1.17. The standard InChI is InChI=1S/C11H20BO2/c1-10(2,13)11(3,4)14-12-9-7-5-6-8-9/h5,7,9,13H,6,8H2,1-4H3. The average molecular weight is 195 g/mol. The third-order valence-corrected chi connectivity index (χ3v) is 3.06. The lowest BCUT2D eigenvalue weighted by Crippen LogP contribution is -2.48. The van der Waals surface area contributed by atoms with Crippen LogP contribution in [0.5, 0.6) is 0 Å². The van der Waals surface area contributed by atoms with E-state index in [1.165, 1.54) is 0 Å². The molecule has 3 heteroatoms. The van der Waals surface area contributed by atoms with Gasteiger partial charge in [-0.3, -0.25) is 0 Å². The molecule has 0 aromatic carbocycles. The first-order valence-corrected chi connectivity index (χ1v) is 5.23. The highest BCUT2D eigenvalue weighted by molar-refractivity contribution is 6.30. The van der Waals surface area contributed by atoms with Crippen molar-refractivity contribution in [2.45, 2.75) is 57.6 Å². The van der Waals surface area contributed by atoms with Gasteiger partial charge in [-0.1, -0.05) is 12.2 Å². The highest BCUT2D eigenvalue weighted by atomic mass is 16.5. The summed E-state index contributed by atoms with van der Waals surface area (Å²) in [7, 11) is 1.85. The van der Waals surface area contributed by atoms with E-state index in [1.54, 1.807) is 13.8 Å². The van der Waals surface area contributed by atoms with Crippen molar-refractivity contribution >= 4 is 7.48 Å². The molecule has 0 saturated heterocycles. The van der Waals surface area contributed by atoms with Gasteiger partial charge >= 0.3 is 7.48 Å². The van der Waals surface area contributed by atoms with E-state index in [9.17, 15) is 5.11 Å². The molecule has 0 bridgehead atoms. The number of hydrogen-bond donors (Lipinski definition) is 1. The lowest BCUT2D eigenvalue weighted by atomic mass is 9.77. The normalized spacial score (nSPS) is 22.8. The zero-order chi connectivity index (χ0) is 10.8. The van der Waals surface area contributed by atoms with Crippen LogP contribution in [0, 0.1) is 0 Å². The molecule has 0 aromatic rings. The van der Waals surface area contributed by atoms with Crippen LogP contribution in [0.2, 0.25) is 5.82 Å². The van der Waals surface area contributed by atoms with Crippen molar-refractivity contribution in [1.82, 2.24) is 0 Å². The Bertz CT molecular complexity index is 216. The molecule has 2 nitrogen and oxygen atoms in total. The van der Waals surface area contributed by atoms with E-state index in [2.05, 4.69) is 12.2 Å². The molecule has 0 aromatic heterocycles. The topological polar surface area (TPSA) is 29.5 Å². The molecule has 79 valence electrons. The summed E-state index contributed by atoms with van der Waals surface area (Å²) in [6.45, 7) is 7.35. The van der Waals surface area contributed by atoms with Crippen molar-refractivity contribution in [3.05, 3.63) is 12.2 Å². The average Bonchev–Trinajstić information content (AvgIpc) is 2.50. The number of allylic oxidation sites excluding steroid dienone is 2. The summed E-state index contributed by atoms with van der Waals surface area (Å²) in [5.41, 5.74) is -1.37. The van der Waals surface area contributed by atoms with Crippen LogP contribution in [0.25, 0.3) is 0 Å². The molecule has 0 fully saturated rings. The second kappa shape index (κ2) is 4.07. The lowest BCUT2D eigenvalue weighted by Gasteiger charge is -2.38. The van der Waals surface area contributed by atoms with Crippen LogP contribution < -0.4 is 0 Å². The second-order valence-electron chi connectivity index (χ2n) is 4.99. The van der Waals surface area contributed by atoms with E-state index in [-0.39, 0.29) is 0 Å². The molecule has 1 radical (unpaired) electrons. The van der Waals surface area contributed by atoms with Crippen LogP contribution in [0.3, 0.4) is 0 Å². The van der Waals surface area contributed by atoms with E-state index in [4.69, 9.17) is 4.65 Å². The van der Waals surface area contributed by atoms with Crippen LogP contribution in [-0.4, -0.2) is 23.8 Å². The maximum Gasteiger partial charge on any atom is 0.300 e. The number of rotatable bonds is 4. The van der Waals surface area contributed by atoms with Gasteiger partial charge in [0.2, 0.25) is 0 Å². The van der Waals surface area contributed by atoms with Crippen molar-refractivity contribution in [2.24, 2.45) is 0 Å². The van der Waals surface area contributed by atoms with Gasteiger partial charge < -0.3 is 9.76 Å². The van der Waals surface area contributed by atoms with Crippen LogP contribution in [0.1, 0.15) is 40.5 Å². The summed E-state index contributed by atoms with van der Waals surface area (Å²) < 4.78 is 5.65. The Kier molecular flexibility index (Phi) is 3.43. The molecule has 0 heterocycles. The van der Waals surface area contributed by atoms with Crippen LogP contribution in [0.4, 0.5) is 0 Å². The zero-order valence-electron chi connectivity index (χ0n) is 9.58. The van der Waals surface area contributed by atoms with Crippen molar-refractivity contribution in [3.63, 3.8) is 0 Å². The van der Waals surface area contributed by atoms with E-state index in [0.29, 0.717) is 5.82 Å². The summed E-state index contributed by atoms with van der Waals surface area (Å²) in [4.78, 5) is 0. The number of aliphatic hydroxyl groups is 1. The molecule has 0 spiro atoms. The van der Waals surface area contributed by atoms with Gasteiger partial charge in [-0.15, -0.1) is 0 Å². The van der Waals surface area contributed by atoms with Crippen LogP contribution in [-0.2, 0) is 4.65 Å². The molecule has 1 N–H and O–H groups in total. The molecule has 14 heavy (non-hydrogen) atoms. The Hall–Kier alpha value is -0.275. The summed E-state index contributed by atoms with van der Waals surface area (Å²) in [5.74, 6) is 0.414. The summed E-state index contributed by atoms with van der Waals surface area (Å²) >= 11 is 0. The highest BCUT2D eigenvalue weighted by Gasteiger charge is 2.36. The molecule has 1 unspecified atom stereocenters. The predicted molar refractivity (Wildman–Crippen MR) is 59.3 cm³/mol. The first-order chi connectivity index (χ1) is 6.33. The van der Waals surface area contributed by atoms with Crippen LogP contribution >= 0.6 is 0 Å². The van der Waals surface area contributed by atoms with E-state index in [0.717, 1.165) is 12.8 Å². The summed E-state index contributed by atoms with van der Waals surface area (Å²) in [5, 5.41) is 9.86. The zero-order valence-corrected chi connectivity index (χ0v) is 9.58. The van der Waals surface area contributed by atoms with Crippen LogP contribution in [0.15, 0.2) is 12.2 Å². The summed E-state index contributed by atoms with van der Waals surface area (Å²) in [6.07, 6.45) is 6.58. The largest absolute Gasteiger partial charge is 0.432 e. The fraction of sp³-hybridized carbons (Fsp3) is 0.818. The van der Waals surface area contributed by atoms with Crippen molar-refractivity contribution in [3.8, 4) is 0 Å². The van der Waals surface area contributed by atoms with E-state index >= 15 is 0 Å². The Labute approximate surface area is 87.6 Å². The van der Waals surface area contributed by atoms with Crippen molar-refractivity contribution in [1.29, 1.82) is 0 Å². The third-order valence-electron chi connectivity index (χ3n) is 3.06. The molecule has 1 atom stereocenters. The highest BCUT2D eigenvalue weighted by Crippen LogP contribution is 2.28. The molecular weight excluding hydrogens is 175 g/mol. The smallest absolute Gasteiger partial charge is 0.300 e. The SMILES string of the molecule is CC(C)(O)C(C)(C)O[B]C1C=CCC1. The third kappa shape index (κ3) is 2.86. The van der Waals surface area contributed by atoms with Gasteiger partial charge in [-0.25, -0.2) is 0 Å². The van der Waals surface area contributed by atoms with E-state index in [1.807, 2.05) is 21.3 Å². The maximum absolute atomic E-state index is 9.86. The summed E-state index contributed by atoms with van der Waals surface area (Å²) in [6, 6.07) is 0. The minimum absolute atomic E-state index is 0.414. The Morgan fingerprint density at radius 2 is 2.00 bits per heavy atom. The van der Waals surface area contributed by atoms with Gasteiger partial charge in [0.05, 0.1) is 11.2 Å². The monoisotopic (exact) mass is 195 g/mol. The maximum atomic E-state index is 9.86. The molecule has 0 amide bonds. The second-order valence-corrected chi connectivity index (χ2v) is 4.99. The van der Waals surface area contributed by atoms with Gasteiger partial charge in [0.1, 0.15) is 0 Å². The first kappa shape index (κ1) is 11.8. The predicted octanol–water partition coefficient (Wildman–Crippen LogP) is 2.31. The Morgan fingerprint density at radius 1 is 1.36 bits per heavy atom. The molecule has 1 aliphatic rings. The fourth-order valence-corrected chi connectivity index (χ4v) is 1.17. The van der Waals surface area contributed by atoms with Crippen molar-refractivity contribution < 1.29 is 9.76 Å². The molecule has 1 aliphatic carbocycles. The Morgan fingerprint density at radius 3 is 2.43 bits per heavy atom. The minimum atomic E-state index is -0.828. The quantitative estimate of drug-likeness (QED) is 0.550. The van der Waals surface area contributed by atoms with Crippen molar-refractivity contribution in [2.75, 3.05) is 0 Å².